The predicted octanol–water partition coefficient (Wildman–Crippen LogP) is 4.30. The van der Waals surface area contributed by atoms with Crippen LogP contribution < -0.4 is 5.32 Å². The van der Waals surface area contributed by atoms with Crippen molar-refractivity contribution < 1.29 is 18.0 Å². The van der Waals surface area contributed by atoms with E-state index in [1.165, 1.54) is 12.1 Å². The second-order valence-corrected chi connectivity index (χ2v) is 8.52. The number of hydrogen-bond donors (Lipinski definition) is 1. The van der Waals surface area contributed by atoms with Gasteiger partial charge in [-0.3, -0.25) is 9.69 Å². The number of likely N-dealkylation sites (tertiary alicyclic amines) is 1. The van der Waals surface area contributed by atoms with Gasteiger partial charge in [-0.15, -0.1) is 0 Å². The molecule has 1 aromatic carbocycles. The number of fused-ring (bicyclic) bond motifs is 1. The standard InChI is InChI=1S/C22H27F3N4O/c1-3-28-11-10-26-19(28)14-29-17(15-6-4-7-16(12-15)22(23,24)25)13-21(2)18(29)8-5-9-20(30)27-21/h4,6-7,10-12,17-18H,3,5,8-9,13-14H2,1-2H3,(H,27,30)/t17-,18-,21-/m0/s1. The summed E-state index contributed by atoms with van der Waals surface area (Å²) >= 11 is 0. The van der Waals surface area contributed by atoms with E-state index < -0.39 is 17.3 Å². The molecule has 0 aliphatic carbocycles. The Morgan fingerprint density at radius 3 is 2.87 bits per heavy atom. The highest BCUT2D eigenvalue weighted by Crippen LogP contribution is 2.46. The number of nitrogens with zero attached hydrogens (tertiary/aromatic N) is 3. The van der Waals surface area contributed by atoms with Crippen LogP contribution in [0.4, 0.5) is 13.2 Å². The summed E-state index contributed by atoms with van der Waals surface area (Å²) in [6.07, 6.45) is 1.91. The molecule has 2 aliphatic heterocycles. The first-order chi connectivity index (χ1) is 14.2. The summed E-state index contributed by atoms with van der Waals surface area (Å²) in [5, 5.41) is 3.17. The van der Waals surface area contributed by atoms with Gasteiger partial charge >= 0.3 is 6.18 Å². The Kier molecular flexibility index (Phi) is 5.38. The van der Waals surface area contributed by atoms with Gasteiger partial charge in [0.1, 0.15) is 5.82 Å². The Hall–Kier alpha value is -2.35. The molecule has 1 N–H and O–H groups in total. The molecule has 0 saturated carbocycles. The van der Waals surface area contributed by atoms with Crippen LogP contribution in [0.1, 0.15) is 62.5 Å². The van der Waals surface area contributed by atoms with E-state index in [9.17, 15) is 18.0 Å². The molecule has 5 nitrogen and oxygen atoms in total. The first-order valence-corrected chi connectivity index (χ1v) is 10.4. The van der Waals surface area contributed by atoms with Gasteiger partial charge < -0.3 is 9.88 Å². The third-order valence-corrected chi connectivity index (χ3v) is 6.53. The van der Waals surface area contributed by atoms with Gasteiger partial charge in [-0.2, -0.15) is 13.2 Å². The van der Waals surface area contributed by atoms with E-state index in [4.69, 9.17) is 0 Å². The van der Waals surface area contributed by atoms with Crippen molar-refractivity contribution in [3.63, 3.8) is 0 Å². The monoisotopic (exact) mass is 420 g/mol. The lowest BCUT2D eigenvalue weighted by atomic mass is 9.88. The van der Waals surface area contributed by atoms with E-state index in [1.807, 2.05) is 24.6 Å². The van der Waals surface area contributed by atoms with Crippen molar-refractivity contribution in [1.29, 1.82) is 0 Å². The molecular formula is C22H27F3N4O. The van der Waals surface area contributed by atoms with Gasteiger partial charge in [-0.05, 0) is 50.8 Å². The number of aryl methyl sites for hydroxylation is 1. The van der Waals surface area contributed by atoms with Crippen LogP contribution in [0.2, 0.25) is 0 Å². The lowest BCUT2D eigenvalue weighted by Crippen LogP contribution is -2.52. The highest BCUT2D eigenvalue weighted by atomic mass is 19.4. The molecule has 2 aromatic rings. The van der Waals surface area contributed by atoms with Crippen molar-refractivity contribution in [3.8, 4) is 0 Å². The molecule has 0 unspecified atom stereocenters. The fourth-order valence-corrected chi connectivity index (χ4v) is 5.09. The molecule has 30 heavy (non-hydrogen) atoms. The van der Waals surface area contributed by atoms with Crippen molar-refractivity contribution in [2.75, 3.05) is 0 Å². The fourth-order valence-electron chi connectivity index (χ4n) is 5.09. The van der Waals surface area contributed by atoms with E-state index in [0.717, 1.165) is 31.3 Å². The summed E-state index contributed by atoms with van der Waals surface area (Å²) in [6, 6.07) is 5.39. The van der Waals surface area contributed by atoms with Gasteiger partial charge in [0.25, 0.3) is 0 Å². The third kappa shape index (κ3) is 3.85. The van der Waals surface area contributed by atoms with Gasteiger partial charge in [0.2, 0.25) is 5.91 Å². The summed E-state index contributed by atoms with van der Waals surface area (Å²) in [6.45, 7) is 5.36. The zero-order chi connectivity index (χ0) is 21.5. The maximum absolute atomic E-state index is 13.3. The number of carbonyl (C=O) groups excluding carboxylic acids is 1. The van der Waals surface area contributed by atoms with Crippen molar-refractivity contribution >= 4 is 5.91 Å². The number of imidazole rings is 1. The van der Waals surface area contributed by atoms with E-state index in [2.05, 4.69) is 15.2 Å². The normalized spacial score (nSPS) is 27.6. The molecule has 0 spiro atoms. The first-order valence-electron chi connectivity index (χ1n) is 10.4. The zero-order valence-electron chi connectivity index (χ0n) is 17.2. The number of rotatable bonds is 4. The maximum atomic E-state index is 13.3. The van der Waals surface area contributed by atoms with E-state index in [-0.39, 0.29) is 18.0 Å². The fraction of sp³-hybridized carbons (Fsp3) is 0.545. The van der Waals surface area contributed by atoms with Crippen molar-refractivity contribution in [1.82, 2.24) is 19.8 Å². The molecule has 2 aliphatic rings. The van der Waals surface area contributed by atoms with E-state index in [1.54, 1.807) is 12.3 Å². The molecule has 2 fully saturated rings. The second-order valence-electron chi connectivity index (χ2n) is 8.52. The van der Waals surface area contributed by atoms with Crippen molar-refractivity contribution in [3.05, 3.63) is 53.6 Å². The van der Waals surface area contributed by atoms with Crippen LogP contribution in [0.25, 0.3) is 0 Å². The Balaban J connectivity index is 1.74. The van der Waals surface area contributed by atoms with Gasteiger partial charge in [-0.1, -0.05) is 12.1 Å². The molecule has 3 heterocycles. The Morgan fingerprint density at radius 1 is 1.33 bits per heavy atom. The van der Waals surface area contributed by atoms with Crippen LogP contribution >= 0.6 is 0 Å². The number of amides is 1. The summed E-state index contributed by atoms with van der Waals surface area (Å²) in [5.74, 6) is 0.897. The quantitative estimate of drug-likeness (QED) is 0.803. The summed E-state index contributed by atoms with van der Waals surface area (Å²) in [5.41, 5.74) is -0.505. The second kappa shape index (κ2) is 7.72. The molecule has 3 atom stereocenters. The smallest absolute Gasteiger partial charge is 0.349 e. The number of benzene rings is 1. The molecule has 1 aromatic heterocycles. The minimum Gasteiger partial charge on any atom is -0.349 e. The van der Waals surface area contributed by atoms with Gasteiger partial charge in [0.05, 0.1) is 17.6 Å². The van der Waals surface area contributed by atoms with Crippen LogP contribution in [-0.4, -0.2) is 31.9 Å². The summed E-state index contributed by atoms with van der Waals surface area (Å²) in [7, 11) is 0. The predicted molar refractivity (Wildman–Crippen MR) is 106 cm³/mol. The Labute approximate surface area is 174 Å². The molecule has 2 saturated heterocycles. The van der Waals surface area contributed by atoms with Crippen LogP contribution in [-0.2, 0) is 24.1 Å². The molecule has 0 bridgehead atoms. The van der Waals surface area contributed by atoms with E-state index in [0.29, 0.717) is 24.9 Å². The number of hydrogen-bond acceptors (Lipinski definition) is 3. The number of carbonyl (C=O) groups is 1. The van der Waals surface area contributed by atoms with Crippen LogP contribution in [0.5, 0.6) is 0 Å². The number of nitrogens with one attached hydrogen (secondary N) is 1. The molecule has 8 heteroatoms. The lowest BCUT2D eigenvalue weighted by molar-refractivity contribution is -0.137. The van der Waals surface area contributed by atoms with E-state index >= 15 is 0 Å². The van der Waals surface area contributed by atoms with Crippen LogP contribution in [0.3, 0.4) is 0 Å². The number of alkyl halides is 3. The topological polar surface area (TPSA) is 50.2 Å². The maximum Gasteiger partial charge on any atom is 0.416 e. The molecule has 0 radical (unpaired) electrons. The van der Waals surface area contributed by atoms with Crippen LogP contribution in [0.15, 0.2) is 36.7 Å². The SMILES string of the molecule is CCn1ccnc1CN1[C@H]2CCCC(=O)N[C@@]2(C)C[C@H]1c1cccc(C(F)(F)F)c1. The lowest BCUT2D eigenvalue weighted by Gasteiger charge is -2.35. The van der Waals surface area contributed by atoms with Crippen molar-refractivity contribution in [2.24, 2.45) is 0 Å². The zero-order valence-corrected chi connectivity index (χ0v) is 17.2. The highest BCUT2D eigenvalue weighted by molar-refractivity contribution is 5.77. The minimum absolute atomic E-state index is 0.0136. The van der Waals surface area contributed by atoms with Gasteiger partial charge in [-0.25, -0.2) is 4.98 Å². The van der Waals surface area contributed by atoms with Crippen LogP contribution in [0, 0.1) is 0 Å². The summed E-state index contributed by atoms with van der Waals surface area (Å²) < 4.78 is 42.1. The van der Waals surface area contributed by atoms with Gasteiger partial charge in [0, 0.05) is 37.4 Å². The Morgan fingerprint density at radius 2 is 2.13 bits per heavy atom. The Bertz CT molecular complexity index is 925. The third-order valence-electron chi connectivity index (χ3n) is 6.53. The average molecular weight is 420 g/mol. The number of aromatic nitrogens is 2. The van der Waals surface area contributed by atoms with Gasteiger partial charge in [0.15, 0.2) is 0 Å². The molecule has 4 rings (SSSR count). The highest BCUT2D eigenvalue weighted by Gasteiger charge is 2.51. The molecule has 1 amide bonds. The largest absolute Gasteiger partial charge is 0.416 e. The van der Waals surface area contributed by atoms with Crippen molar-refractivity contribution in [2.45, 2.75) is 76.4 Å². The molecular weight excluding hydrogens is 393 g/mol. The average Bonchev–Trinajstić information content (AvgIpc) is 3.20. The summed E-state index contributed by atoms with van der Waals surface area (Å²) in [4.78, 5) is 19.0. The first kappa shape index (κ1) is 20.9. The minimum atomic E-state index is -4.39. The number of halogens is 3. The molecule has 162 valence electrons.